The van der Waals surface area contributed by atoms with Gasteiger partial charge in [0.15, 0.2) is 11.6 Å². The summed E-state index contributed by atoms with van der Waals surface area (Å²) >= 11 is 0. The number of pyridine rings is 1. The molecule has 132 valence electrons. The molecular weight excluding hydrogens is 339 g/mol. The molecule has 26 heavy (non-hydrogen) atoms. The van der Waals surface area contributed by atoms with Crippen LogP contribution in [0.2, 0.25) is 0 Å². The second kappa shape index (κ2) is 5.73. The monoisotopic (exact) mass is 354 g/mol. The molecule has 3 N–H and O–H groups in total. The quantitative estimate of drug-likeness (QED) is 0.584. The second-order valence-electron chi connectivity index (χ2n) is 5.74. The van der Waals surface area contributed by atoms with Crippen LogP contribution in [0.5, 0.6) is 5.75 Å². The molecule has 0 bridgehead atoms. The van der Waals surface area contributed by atoms with Crippen LogP contribution in [0, 0.1) is 5.82 Å². The van der Waals surface area contributed by atoms with Crippen molar-refractivity contribution in [3.05, 3.63) is 52.8 Å². The van der Waals surface area contributed by atoms with E-state index < -0.39 is 11.4 Å². The van der Waals surface area contributed by atoms with Gasteiger partial charge >= 0.3 is 0 Å². The number of halogens is 1. The van der Waals surface area contributed by atoms with Gasteiger partial charge in [-0.15, -0.1) is 0 Å². The molecule has 0 unspecified atom stereocenters. The van der Waals surface area contributed by atoms with Gasteiger partial charge < -0.3 is 10.5 Å². The summed E-state index contributed by atoms with van der Waals surface area (Å²) in [6.45, 7) is 0. The Kier molecular flexibility index (Phi) is 3.50. The summed E-state index contributed by atoms with van der Waals surface area (Å²) in [5.74, 6) is -0.341. The van der Waals surface area contributed by atoms with Crippen LogP contribution >= 0.6 is 0 Å². The Morgan fingerprint density at radius 1 is 1.31 bits per heavy atom. The van der Waals surface area contributed by atoms with Crippen molar-refractivity contribution in [1.29, 1.82) is 0 Å². The number of nitrogens with two attached hydrogens (primary N) is 1. The van der Waals surface area contributed by atoms with Crippen LogP contribution in [0.1, 0.15) is 0 Å². The third kappa shape index (κ3) is 2.25. The lowest BCUT2D eigenvalue weighted by atomic mass is 10.1. The van der Waals surface area contributed by atoms with Crippen molar-refractivity contribution in [3.63, 3.8) is 0 Å². The number of anilines is 1. The fraction of sp³-hybridized carbons (Fsp3) is 0.118. The Bertz CT molecular complexity index is 1190. The summed E-state index contributed by atoms with van der Waals surface area (Å²) in [7, 11) is 3.19. The van der Waals surface area contributed by atoms with Crippen LogP contribution < -0.4 is 16.0 Å². The SMILES string of the molecule is COc1cccc(F)c1-n1cc(-c2ccn(C)n2)c2[nH]nc(N)c2c1=O. The zero-order valence-electron chi connectivity index (χ0n) is 14.0. The smallest absolute Gasteiger partial charge is 0.268 e. The van der Waals surface area contributed by atoms with Crippen molar-refractivity contribution in [1.82, 2.24) is 24.5 Å². The number of hydrogen-bond donors (Lipinski definition) is 2. The first-order valence-corrected chi connectivity index (χ1v) is 7.73. The Hall–Kier alpha value is -3.62. The maximum Gasteiger partial charge on any atom is 0.268 e. The van der Waals surface area contributed by atoms with Gasteiger partial charge in [0.25, 0.3) is 5.56 Å². The van der Waals surface area contributed by atoms with Crippen molar-refractivity contribution in [2.24, 2.45) is 7.05 Å². The molecule has 0 saturated heterocycles. The van der Waals surface area contributed by atoms with E-state index in [1.807, 2.05) is 0 Å². The molecule has 4 aromatic rings. The Labute approximate surface area is 146 Å². The van der Waals surface area contributed by atoms with Crippen LogP contribution in [-0.4, -0.2) is 31.7 Å². The first-order chi connectivity index (χ1) is 12.5. The summed E-state index contributed by atoms with van der Waals surface area (Å²) in [5, 5.41) is 11.2. The topological polar surface area (TPSA) is 104 Å². The predicted octanol–water partition coefficient (Wildman–Crippen LogP) is 1.84. The molecule has 0 atom stereocenters. The molecule has 0 aliphatic carbocycles. The van der Waals surface area contributed by atoms with Crippen molar-refractivity contribution in [3.8, 4) is 22.7 Å². The molecule has 0 amide bonds. The molecule has 0 fully saturated rings. The number of rotatable bonds is 3. The highest BCUT2D eigenvalue weighted by molar-refractivity contribution is 5.97. The molecule has 1 aromatic carbocycles. The largest absolute Gasteiger partial charge is 0.494 e. The summed E-state index contributed by atoms with van der Waals surface area (Å²) in [5.41, 5.74) is 6.97. The van der Waals surface area contributed by atoms with Crippen LogP contribution in [-0.2, 0) is 7.05 Å². The first kappa shape index (κ1) is 15.9. The van der Waals surface area contributed by atoms with Gasteiger partial charge in [0, 0.05) is 25.0 Å². The minimum absolute atomic E-state index is 0.000295. The van der Waals surface area contributed by atoms with Crippen LogP contribution in [0.15, 0.2) is 41.5 Å². The van der Waals surface area contributed by atoms with E-state index in [1.54, 1.807) is 30.1 Å². The lowest BCUT2D eigenvalue weighted by Gasteiger charge is -2.13. The molecule has 3 heterocycles. The van der Waals surface area contributed by atoms with E-state index in [0.29, 0.717) is 16.8 Å². The van der Waals surface area contributed by atoms with E-state index in [2.05, 4.69) is 15.3 Å². The molecule has 4 rings (SSSR count). The van der Waals surface area contributed by atoms with Gasteiger partial charge in [-0.05, 0) is 18.2 Å². The lowest BCUT2D eigenvalue weighted by Crippen LogP contribution is -2.20. The number of methoxy groups -OCH3 is 1. The van der Waals surface area contributed by atoms with E-state index in [-0.39, 0.29) is 22.6 Å². The van der Waals surface area contributed by atoms with Crippen LogP contribution in [0.4, 0.5) is 10.2 Å². The summed E-state index contributed by atoms with van der Waals surface area (Å²) in [4.78, 5) is 13.0. The molecule has 0 aliphatic rings. The van der Waals surface area contributed by atoms with E-state index >= 15 is 0 Å². The minimum Gasteiger partial charge on any atom is -0.494 e. The highest BCUT2D eigenvalue weighted by Gasteiger charge is 2.21. The molecule has 0 aliphatic heterocycles. The molecule has 0 radical (unpaired) electrons. The third-order valence-corrected chi connectivity index (χ3v) is 4.15. The van der Waals surface area contributed by atoms with E-state index in [0.717, 1.165) is 0 Å². The number of aromatic amines is 1. The van der Waals surface area contributed by atoms with E-state index in [4.69, 9.17) is 10.5 Å². The lowest BCUT2D eigenvalue weighted by molar-refractivity contribution is 0.408. The molecular formula is C17H15FN6O2. The van der Waals surface area contributed by atoms with E-state index in [9.17, 15) is 9.18 Å². The average Bonchev–Trinajstić information content (AvgIpc) is 3.22. The van der Waals surface area contributed by atoms with Gasteiger partial charge in [0.05, 0.1) is 18.3 Å². The van der Waals surface area contributed by atoms with Crippen LogP contribution in [0.25, 0.3) is 27.8 Å². The van der Waals surface area contributed by atoms with Crippen molar-refractivity contribution >= 4 is 16.7 Å². The Morgan fingerprint density at radius 2 is 2.12 bits per heavy atom. The number of benzene rings is 1. The van der Waals surface area contributed by atoms with Gasteiger partial charge in [-0.2, -0.15) is 10.2 Å². The number of para-hydroxylation sites is 1. The minimum atomic E-state index is -0.597. The zero-order valence-corrected chi connectivity index (χ0v) is 14.0. The maximum atomic E-state index is 14.6. The molecule has 0 saturated carbocycles. The van der Waals surface area contributed by atoms with Gasteiger partial charge in [-0.1, -0.05) is 6.07 Å². The normalized spacial score (nSPS) is 11.2. The number of fused-ring (bicyclic) bond motifs is 1. The third-order valence-electron chi connectivity index (χ3n) is 4.15. The molecule has 8 nitrogen and oxygen atoms in total. The van der Waals surface area contributed by atoms with Gasteiger partial charge in [-0.3, -0.25) is 19.1 Å². The standard InChI is InChI=1S/C17H15FN6O2/c1-23-7-6-11(22-23)9-8-24(15-10(18)4-3-5-12(15)26-2)17(25)13-14(9)20-21-16(13)19/h3-8H,1-2H3,(H3,19,20,21). The highest BCUT2D eigenvalue weighted by Crippen LogP contribution is 2.30. The summed E-state index contributed by atoms with van der Waals surface area (Å²) in [6, 6.07) is 6.12. The fourth-order valence-corrected chi connectivity index (χ4v) is 2.95. The number of hydrogen-bond acceptors (Lipinski definition) is 5. The maximum absolute atomic E-state index is 14.6. The van der Waals surface area contributed by atoms with Crippen LogP contribution in [0.3, 0.4) is 0 Å². The average molecular weight is 354 g/mol. The number of nitrogens with one attached hydrogen (secondary N) is 1. The summed E-state index contributed by atoms with van der Waals surface area (Å²) < 4.78 is 22.6. The Balaban J connectivity index is 2.14. The van der Waals surface area contributed by atoms with Gasteiger partial charge in [0.2, 0.25) is 0 Å². The van der Waals surface area contributed by atoms with Crippen molar-refractivity contribution in [2.75, 3.05) is 12.8 Å². The number of aryl methyl sites for hydroxylation is 1. The zero-order chi connectivity index (χ0) is 18.4. The number of nitrogens with zero attached hydrogens (tertiary/aromatic N) is 4. The second-order valence-corrected chi connectivity index (χ2v) is 5.74. The predicted molar refractivity (Wildman–Crippen MR) is 94.8 cm³/mol. The number of nitrogen functional groups attached to an aromatic ring is 1. The van der Waals surface area contributed by atoms with E-state index in [1.165, 1.54) is 30.0 Å². The first-order valence-electron chi connectivity index (χ1n) is 7.73. The number of H-pyrrole nitrogens is 1. The highest BCUT2D eigenvalue weighted by atomic mass is 19.1. The number of ether oxygens (including phenoxy) is 1. The molecule has 3 aromatic heterocycles. The number of aromatic nitrogens is 5. The van der Waals surface area contributed by atoms with Crippen molar-refractivity contribution < 1.29 is 9.13 Å². The van der Waals surface area contributed by atoms with Gasteiger partial charge in [0.1, 0.15) is 16.8 Å². The summed E-state index contributed by atoms with van der Waals surface area (Å²) in [6.07, 6.45) is 3.27. The molecule has 0 spiro atoms. The Morgan fingerprint density at radius 3 is 2.81 bits per heavy atom. The fourth-order valence-electron chi connectivity index (χ4n) is 2.95. The van der Waals surface area contributed by atoms with Crippen molar-refractivity contribution in [2.45, 2.75) is 0 Å². The molecule has 9 heteroatoms. The van der Waals surface area contributed by atoms with Gasteiger partial charge in [-0.25, -0.2) is 4.39 Å².